The van der Waals surface area contributed by atoms with Gasteiger partial charge in [0.15, 0.2) is 6.23 Å². The van der Waals surface area contributed by atoms with Gasteiger partial charge < -0.3 is 14.2 Å². The quantitative estimate of drug-likeness (QED) is 0.368. The smallest absolute Gasteiger partial charge is 0.465 e. The Labute approximate surface area is 210 Å². The summed E-state index contributed by atoms with van der Waals surface area (Å²) >= 11 is 0. The van der Waals surface area contributed by atoms with Gasteiger partial charge in [-0.15, -0.1) is 0 Å². The molecule has 0 spiro atoms. The van der Waals surface area contributed by atoms with E-state index in [0.717, 1.165) is 12.8 Å². The molecule has 1 saturated heterocycles. The van der Waals surface area contributed by atoms with Crippen LogP contribution < -0.4 is 5.32 Å². The number of nitrogens with zero attached hydrogens (tertiary/aromatic N) is 1. The van der Waals surface area contributed by atoms with Gasteiger partial charge >= 0.3 is 12.1 Å². The van der Waals surface area contributed by atoms with Gasteiger partial charge in [-0.25, -0.2) is 4.79 Å². The first-order valence-corrected chi connectivity index (χ1v) is 13.4. The molecule has 198 valence electrons. The van der Waals surface area contributed by atoms with Gasteiger partial charge in [-0.3, -0.25) is 19.8 Å². The first-order valence-electron chi connectivity index (χ1n) is 13.4. The molecule has 1 heterocycles. The summed E-state index contributed by atoms with van der Waals surface area (Å²) in [5.41, 5.74) is -0.680. The molecular weight excluding hydrogens is 448 g/mol. The largest absolute Gasteiger partial charge is 0.510 e. The second kappa shape index (κ2) is 12.2. The molecule has 0 aromatic rings. The Bertz CT molecular complexity index is 770. The predicted octanol–water partition coefficient (Wildman–Crippen LogP) is 4.71. The van der Waals surface area contributed by atoms with Crippen molar-refractivity contribution < 1.29 is 28.6 Å². The third-order valence-corrected chi connectivity index (χ3v) is 7.25. The summed E-state index contributed by atoms with van der Waals surface area (Å²) in [6.07, 6.45) is 11.8. The number of rotatable bonds is 9. The zero-order valence-corrected chi connectivity index (χ0v) is 22.1. The highest BCUT2D eigenvalue weighted by Gasteiger charge is 2.47. The summed E-state index contributed by atoms with van der Waals surface area (Å²) in [4.78, 5) is 40.4. The van der Waals surface area contributed by atoms with E-state index in [1.807, 2.05) is 6.08 Å². The van der Waals surface area contributed by atoms with Crippen LogP contribution in [0.5, 0.6) is 0 Å². The minimum absolute atomic E-state index is 0.123. The maximum atomic E-state index is 13.6. The second-order valence-corrected chi connectivity index (χ2v) is 11.2. The Morgan fingerprint density at radius 3 is 2.51 bits per heavy atom. The molecule has 0 bridgehead atoms. The molecule has 8 nitrogen and oxygen atoms in total. The molecule has 8 heteroatoms. The maximum absolute atomic E-state index is 13.6. The number of nitrogens with one attached hydrogen (secondary N) is 1. The summed E-state index contributed by atoms with van der Waals surface area (Å²) in [5.74, 6) is 0.336. The Hall–Kier alpha value is -2.09. The molecule has 0 aromatic carbocycles. The number of carbonyl (C=O) groups is 3. The van der Waals surface area contributed by atoms with Crippen LogP contribution in [0.4, 0.5) is 4.79 Å². The van der Waals surface area contributed by atoms with Crippen LogP contribution >= 0.6 is 0 Å². The van der Waals surface area contributed by atoms with E-state index in [4.69, 9.17) is 14.2 Å². The van der Waals surface area contributed by atoms with Crippen molar-refractivity contribution in [3.8, 4) is 0 Å². The summed E-state index contributed by atoms with van der Waals surface area (Å²) in [7, 11) is 0. The maximum Gasteiger partial charge on any atom is 0.510 e. The van der Waals surface area contributed by atoms with Crippen LogP contribution in [-0.2, 0) is 23.8 Å². The van der Waals surface area contributed by atoms with Crippen molar-refractivity contribution in [3.05, 3.63) is 12.2 Å². The molecule has 3 rings (SSSR count). The topological polar surface area (TPSA) is 94.2 Å². The van der Waals surface area contributed by atoms with E-state index in [-0.39, 0.29) is 23.8 Å². The highest BCUT2D eigenvalue weighted by molar-refractivity contribution is 5.84. The lowest BCUT2D eigenvalue weighted by molar-refractivity contribution is -0.148. The number of amides is 1. The molecule has 0 radical (unpaired) electrons. The van der Waals surface area contributed by atoms with Gasteiger partial charge in [-0.05, 0) is 65.7 Å². The molecule has 1 amide bonds. The van der Waals surface area contributed by atoms with Crippen molar-refractivity contribution >= 4 is 18.0 Å². The summed E-state index contributed by atoms with van der Waals surface area (Å²) < 4.78 is 16.3. The third-order valence-electron chi connectivity index (χ3n) is 7.25. The van der Waals surface area contributed by atoms with E-state index in [9.17, 15) is 14.4 Å². The molecule has 1 saturated carbocycles. The fourth-order valence-corrected chi connectivity index (χ4v) is 5.58. The van der Waals surface area contributed by atoms with Gasteiger partial charge in [-0.1, -0.05) is 44.3 Å². The van der Waals surface area contributed by atoms with Gasteiger partial charge in [0.05, 0.1) is 18.7 Å². The zero-order chi connectivity index (χ0) is 25.6. The first-order chi connectivity index (χ1) is 16.6. The number of allylic oxidation sites excluding steroid dienone is 1. The van der Waals surface area contributed by atoms with Gasteiger partial charge in [0.2, 0.25) is 5.91 Å². The van der Waals surface area contributed by atoms with E-state index < -0.39 is 30.1 Å². The lowest BCUT2D eigenvalue weighted by Crippen LogP contribution is -2.54. The molecule has 5 atom stereocenters. The average molecular weight is 493 g/mol. The van der Waals surface area contributed by atoms with Crippen LogP contribution in [0.25, 0.3) is 0 Å². The monoisotopic (exact) mass is 492 g/mol. The molecule has 35 heavy (non-hydrogen) atoms. The van der Waals surface area contributed by atoms with E-state index in [2.05, 4.69) is 11.4 Å². The predicted molar refractivity (Wildman–Crippen MR) is 132 cm³/mol. The van der Waals surface area contributed by atoms with Crippen LogP contribution in [0.2, 0.25) is 0 Å². The van der Waals surface area contributed by atoms with Crippen LogP contribution in [0.3, 0.4) is 0 Å². The van der Waals surface area contributed by atoms with Gasteiger partial charge in [-0.2, -0.15) is 0 Å². The first kappa shape index (κ1) is 27.5. The van der Waals surface area contributed by atoms with E-state index in [1.54, 1.807) is 39.5 Å². The van der Waals surface area contributed by atoms with Crippen LogP contribution in [-0.4, -0.2) is 59.5 Å². The number of likely N-dealkylation sites (tertiary alicyclic amines) is 1. The van der Waals surface area contributed by atoms with Crippen molar-refractivity contribution in [2.24, 2.45) is 11.8 Å². The number of hydrogen-bond acceptors (Lipinski definition) is 7. The van der Waals surface area contributed by atoms with Crippen molar-refractivity contribution in [1.29, 1.82) is 0 Å². The molecule has 2 fully saturated rings. The lowest BCUT2D eigenvalue weighted by Gasteiger charge is -2.32. The molecule has 0 unspecified atom stereocenters. The van der Waals surface area contributed by atoms with Crippen LogP contribution in [0.15, 0.2) is 12.2 Å². The molecule has 1 N–H and O–H groups in total. The van der Waals surface area contributed by atoms with Crippen LogP contribution in [0.1, 0.15) is 92.4 Å². The molecule has 3 aliphatic rings. The standard InChI is InChI=1S/C27H44N2O6/c1-6-33-25(31)21(16-15-19-11-8-7-9-12-19)28-18(2)24(30)29-22-14-10-13-20(22)17-23(29)34-26(32)35-27(3,4)5/h10,14,18-23,28H,6-9,11-13,15-17H2,1-5H3/t18-,20+,21-,22-,23-/m0/s1. The summed E-state index contributed by atoms with van der Waals surface area (Å²) in [6.45, 7) is 9.19. The SMILES string of the molecule is CCOC(=O)[C@H](CCC1CCCCC1)N[C@@H](C)C(=O)N1[C@@H](OC(=O)OC(C)(C)C)C[C@H]2CC=C[C@@H]21. The molecule has 1 aliphatic heterocycles. The number of hydrogen-bond donors (Lipinski definition) is 1. The lowest BCUT2D eigenvalue weighted by atomic mass is 9.85. The van der Waals surface area contributed by atoms with Gasteiger partial charge in [0.1, 0.15) is 11.6 Å². The minimum atomic E-state index is -0.776. The van der Waals surface area contributed by atoms with Crippen molar-refractivity contribution in [3.63, 3.8) is 0 Å². The second-order valence-electron chi connectivity index (χ2n) is 11.2. The van der Waals surface area contributed by atoms with Gasteiger partial charge in [0, 0.05) is 6.42 Å². The van der Waals surface area contributed by atoms with E-state index >= 15 is 0 Å². The fourth-order valence-electron chi connectivity index (χ4n) is 5.58. The van der Waals surface area contributed by atoms with Crippen molar-refractivity contribution in [1.82, 2.24) is 10.2 Å². The number of esters is 1. The fraction of sp³-hybridized carbons (Fsp3) is 0.815. The highest BCUT2D eigenvalue weighted by atomic mass is 16.7. The Morgan fingerprint density at radius 1 is 1.14 bits per heavy atom. The number of fused-ring (bicyclic) bond motifs is 1. The third kappa shape index (κ3) is 7.69. The van der Waals surface area contributed by atoms with E-state index in [0.29, 0.717) is 25.4 Å². The van der Waals surface area contributed by atoms with Gasteiger partial charge in [0.25, 0.3) is 0 Å². The molecule has 0 aromatic heterocycles. The van der Waals surface area contributed by atoms with E-state index in [1.165, 1.54) is 32.1 Å². The Balaban J connectivity index is 1.66. The average Bonchev–Trinajstić information content (AvgIpc) is 3.36. The highest BCUT2D eigenvalue weighted by Crippen LogP contribution is 2.38. The summed E-state index contributed by atoms with van der Waals surface area (Å²) in [6, 6.07) is -1.30. The summed E-state index contributed by atoms with van der Waals surface area (Å²) in [5, 5.41) is 3.25. The molecular formula is C27H44N2O6. The van der Waals surface area contributed by atoms with Crippen molar-refractivity contribution in [2.75, 3.05) is 6.61 Å². The van der Waals surface area contributed by atoms with Crippen LogP contribution in [0, 0.1) is 11.8 Å². The van der Waals surface area contributed by atoms with Crippen molar-refractivity contribution in [2.45, 2.75) is 122 Å². The Kier molecular flexibility index (Phi) is 9.62. The normalized spacial score (nSPS) is 26.2. The minimum Gasteiger partial charge on any atom is -0.465 e. The Morgan fingerprint density at radius 2 is 1.86 bits per heavy atom. The zero-order valence-electron chi connectivity index (χ0n) is 22.1. The number of ether oxygens (including phenoxy) is 3. The molecule has 2 aliphatic carbocycles. The number of carbonyl (C=O) groups excluding carboxylic acids is 3.